The maximum atomic E-state index is 4.63. The molecule has 3 aromatic rings. The van der Waals surface area contributed by atoms with Crippen molar-refractivity contribution in [3.8, 4) is 11.5 Å². The van der Waals surface area contributed by atoms with Crippen LogP contribution in [0.3, 0.4) is 0 Å². The third kappa shape index (κ3) is 2.98. The average molecular weight is 306 g/mol. The Labute approximate surface area is 134 Å². The topological polar surface area (TPSA) is 70.6 Å². The number of hydrogen-bond acceptors (Lipinski definition) is 5. The van der Waals surface area contributed by atoms with Gasteiger partial charge >= 0.3 is 0 Å². The number of nitrogens with zero attached hydrogens (tertiary/aromatic N) is 5. The summed E-state index contributed by atoms with van der Waals surface area (Å²) >= 11 is 0. The second-order valence-electron chi connectivity index (χ2n) is 5.75. The van der Waals surface area contributed by atoms with Crippen LogP contribution in [0, 0.1) is 0 Å². The Kier molecular flexibility index (Phi) is 3.81. The van der Waals surface area contributed by atoms with Gasteiger partial charge in [0.05, 0.1) is 24.1 Å². The van der Waals surface area contributed by atoms with E-state index in [0.29, 0.717) is 6.04 Å². The summed E-state index contributed by atoms with van der Waals surface area (Å²) in [5, 5.41) is 0. The quantitative estimate of drug-likeness (QED) is 0.802. The molecule has 4 heterocycles. The van der Waals surface area contributed by atoms with Gasteiger partial charge in [0.25, 0.3) is 0 Å². The highest BCUT2D eigenvalue weighted by Crippen LogP contribution is 2.31. The third-order valence-corrected chi connectivity index (χ3v) is 4.23. The number of imidazole rings is 1. The predicted octanol–water partition coefficient (Wildman–Crippen LogP) is 2.60. The molecule has 116 valence electrons. The molecule has 0 unspecified atom stereocenters. The van der Waals surface area contributed by atoms with Crippen molar-refractivity contribution in [1.82, 2.24) is 29.8 Å². The summed E-state index contributed by atoms with van der Waals surface area (Å²) in [4.78, 5) is 23.1. The molecule has 23 heavy (non-hydrogen) atoms. The first kappa shape index (κ1) is 14.0. The molecule has 1 aliphatic heterocycles. The number of aromatic amines is 1. The van der Waals surface area contributed by atoms with E-state index in [2.05, 4.69) is 35.9 Å². The average Bonchev–Trinajstić information content (AvgIpc) is 3.28. The van der Waals surface area contributed by atoms with E-state index in [1.54, 1.807) is 18.6 Å². The molecule has 0 spiro atoms. The van der Waals surface area contributed by atoms with Gasteiger partial charge in [-0.2, -0.15) is 0 Å². The molecule has 0 saturated carbocycles. The first-order chi connectivity index (χ1) is 11.4. The van der Waals surface area contributed by atoms with Crippen molar-refractivity contribution >= 4 is 0 Å². The van der Waals surface area contributed by atoms with E-state index in [4.69, 9.17) is 0 Å². The van der Waals surface area contributed by atoms with Crippen LogP contribution in [0.2, 0.25) is 0 Å². The van der Waals surface area contributed by atoms with Crippen LogP contribution in [0.25, 0.3) is 11.5 Å². The van der Waals surface area contributed by atoms with Gasteiger partial charge in [0.2, 0.25) is 0 Å². The summed E-state index contributed by atoms with van der Waals surface area (Å²) in [5.74, 6) is 0.752. The second kappa shape index (κ2) is 6.26. The van der Waals surface area contributed by atoms with Crippen molar-refractivity contribution in [2.24, 2.45) is 0 Å². The number of rotatable bonds is 4. The maximum Gasteiger partial charge on any atom is 0.157 e. The molecular weight excluding hydrogens is 288 g/mol. The van der Waals surface area contributed by atoms with Gasteiger partial charge in [-0.3, -0.25) is 14.9 Å². The summed E-state index contributed by atoms with van der Waals surface area (Å²) in [6, 6.07) is 4.43. The Bertz CT molecular complexity index is 739. The Morgan fingerprint density at radius 1 is 1.13 bits per heavy atom. The van der Waals surface area contributed by atoms with Gasteiger partial charge in [0.1, 0.15) is 5.69 Å². The lowest BCUT2D eigenvalue weighted by Gasteiger charge is -2.23. The Morgan fingerprint density at radius 3 is 2.87 bits per heavy atom. The van der Waals surface area contributed by atoms with Gasteiger partial charge in [-0.1, -0.05) is 6.07 Å². The van der Waals surface area contributed by atoms with E-state index in [1.807, 2.05) is 24.7 Å². The van der Waals surface area contributed by atoms with Gasteiger partial charge in [-0.15, -0.1) is 0 Å². The lowest BCUT2D eigenvalue weighted by atomic mass is 10.1. The molecule has 4 rings (SSSR count). The lowest BCUT2D eigenvalue weighted by molar-refractivity contribution is 0.243. The highest BCUT2D eigenvalue weighted by molar-refractivity contribution is 5.46. The molecule has 1 atom stereocenters. The highest BCUT2D eigenvalue weighted by Gasteiger charge is 2.27. The summed E-state index contributed by atoms with van der Waals surface area (Å²) < 4.78 is 0. The van der Waals surface area contributed by atoms with Gasteiger partial charge in [-0.25, -0.2) is 9.97 Å². The van der Waals surface area contributed by atoms with E-state index in [0.717, 1.165) is 36.7 Å². The number of pyridine rings is 1. The molecule has 1 N–H and O–H groups in total. The SMILES string of the molecule is c1cncc(CN2CCC[C@H]2c2cnc(-c3ncc[nH]3)cn2)c1. The van der Waals surface area contributed by atoms with Crippen molar-refractivity contribution in [1.29, 1.82) is 0 Å². The molecule has 0 amide bonds. The minimum absolute atomic E-state index is 0.327. The van der Waals surface area contributed by atoms with Gasteiger partial charge in [0.15, 0.2) is 5.82 Å². The fourth-order valence-electron chi connectivity index (χ4n) is 3.11. The van der Waals surface area contributed by atoms with Crippen molar-refractivity contribution in [3.63, 3.8) is 0 Å². The molecule has 0 aliphatic carbocycles. The number of aromatic nitrogens is 5. The first-order valence-electron chi connectivity index (χ1n) is 7.85. The third-order valence-electron chi connectivity index (χ3n) is 4.23. The Morgan fingerprint density at radius 2 is 2.13 bits per heavy atom. The largest absolute Gasteiger partial charge is 0.343 e. The van der Waals surface area contributed by atoms with E-state index in [9.17, 15) is 0 Å². The van der Waals surface area contributed by atoms with Crippen LogP contribution in [-0.2, 0) is 6.54 Å². The van der Waals surface area contributed by atoms with Crippen molar-refractivity contribution in [2.45, 2.75) is 25.4 Å². The van der Waals surface area contributed by atoms with Crippen LogP contribution < -0.4 is 0 Å². The van der Waals surface area contributed by atoms with Gasteiger partial charge < -0.3 is 4.98 Å². The zero-order chi connectivity index (χ0) is 15.5. The molecule has 0 aromatic carbocycles. The molecular formula is C17H18N6. The summed E-state index contributed by atoms with van der Waals surface area (Å²) in [7, 11) is 0. The number of nitrogens with one attached hydrogen (secondary N) is 1. The van der Waals surface area contributed by atoms with Crippen LogP contribution in [0.5, 0.6) is 0 Å². The fourth-order valence-corrected chi connectivity index (χ4v) is 3.11. The zero-order valence-electron chi connectivity index (χ0n) is 12.8. The van der Waals surface area contributed by atoms with Crippen LogP contribution in [0.4, 0.5) is 0 Å². The van der Waals surface area contributed by atoms with Crippen molar-refractivity contribution in [2.75, 3.05) is 6.54 Å². The Hall–Kier alpha value is -2.60. The number of hydrogen-bond donors (Lipinski definition) is 1. The molecule has 3 aromatic heterocycles. The normalized spacial score (nSPS) is 18.3. The van der Waals surface area contributed by atoms with Crippen LogP contribution >= 0.6 is 0 Å². The number of likely N-dealkylation sites (tertiary alicyclic amines) is 1. The van der Waals surface area contributed by atoms with Crippen LogP contribution in [-0.4, -0.2) is 36.4 Å². The molecule has 1 aliphatic rings. The standard InChI is InChI=1S/C17H18N6/c1-3-13(9-18-5-1)12-23-8-2-4-16(23)14-10-22-15(11-21-14)17-19-6-7-20-17/h1,3,5-7,9-11,16H,2,4,8,12H2,(H,19,20)/t16-/m0/s1. The minimum Gasteiger partial charge on any atom is -0.343 e. The summed E-state index contributed by atoms with van der Waals surface area (Å²) in [6.45, 7) is 1.99. The van der Waals surface area contributed by atoms with Crippen LogP contribution in [0.15, 0.2) is 49.3 Å². The first-order valence-corrected chi connectivity index (χ1v) is 7.85. The van der Waals surface area contributed by atoms with E-state index in [-0.39, 0.29) is 0 Å². The lowest BCUT2D eigenvalue weighted by Crippen LogP contribution is -2.23. The smallest absolute Gasteiger partial charge is 0.157 e. The fraction of sp³-hybridized carbons (Fsp3) is 0.294. The summed E-state index contributed by atoms with van der Waals surface area (Å²) in [6.07, 6.45) is 13.2. The minimum atomic E-state index is 0.327. The van der Waals surface area contributed by atoms with Gasteiger partial charge in [0, 0.05) is 31.3 Å². The van der Waals surface area contributed by atoms with E-state index in [1.165, 1.54) is 12.0 Å². The Balaban J connectivity index is 1.52. The second-order valence-corrected chi connectivity index (χ2v) is 5.75. The molecule has 6 nitrogen and oxygen atoms in total. The zero-order valence-corrected chi connectivity index (χ0v) is 12.8. The highest BCUT2D eigenvalue weighted by atomic mass is 15.2. The number of H-pyrrole nitrogens is 1. The molecule has 0 radical (unpaired) electrons. The van der Waals surface area contributed by atoms with Crippen molar-refractivity contribution in [3.05, 3.63) is 60.6 Å². The van der Waals surface area contributed by atoms with Crippen LogP contribution in [0.1, 0.15) is 30.1 Å². The van der Waals surface area contributed by atoms with Crippen molar-refractivity contribution < 1.29 is 0 Å². The summed E-state index contributed by atoms with van der Waals surface area (Å²) in [5.41, 5.74) is 3.04. The molecule has 0 bridgehead atoms. The predicted molar refractivity (Wildman–Crippen MR) is 86.2 cm³/mol. The maximum absolute atomic E-state index is 4.63. The van der Waals surface area contributed by atoms with Gasteiger partial charge in [-0.05, 0) is 31.0 Å². The van der Waals surface area contributed by atoms with E-state index >= 15 is 0 Å². The van der Waals surface area contributed by atoms with E-state index < -0.39 is 0 Å². The molecule has 1 fully saturated rings. The molecule has 1 saturated heterocycles. The monoisotopic (exact) mass is 306 g/mol. The molecule has 6 heteroatoms.